The summed E-state index contributed by atoms with van der Waals surface area (Å²) in [5.74, 6) is 0.565. The number of sulfone groups is 1. The summed E-state index contributed by atoms with van der Waals surface area (Å²) in [6, 6.07) is 13.3. The third kappa shape index (κ3) is 6.27. The molecule has 1 aliphatic heterocycles. The largest absolute Gasteiger partial charge is 0.491 e. The van der Waals surface area contributed by atoms with Gasteiger partial charge in [-0.1, -0.05) is 28.1 Å². The Kier molecular flexibility index (Phi) is 7.09. The van der Waals surface area contributed by atoms with Crippen LogP contribution in [0.1, 0.15) is 12.0 Å². The normalized spacial score (nSPS) is 19.6. The number of halogens is 2. The minimum Gasteiger partial charge on any atom is -0.491 e. The molecule has 28 heavy (non-hydrogen) atoms. The van der Waals surface area contributed by atoms with Crippen molar-refractivity contribution >= 4 is 25.8 Å². The number of hydrogen-bond donors (Lipinski definition) is 1. The Morgan fingerprint density at radius 2 is 1.86 bits per heavy atom. The van der Waals surface area contributed by atoms with Crippen LogP contribution >= 0.6 is 15.9 Å². The average molecular weight is 472 g/mol. The molecule has 1 aliphatic rings. The van der Waals surface area contributed by atoms with Crippen molar-refractivity contribution in [3.63, 3.8) is 0 Å². The molecule has 2 unspecified atom stereocenters. The van der Waals surface area contributed by atoms with Crippen LogP contribution in [-0.4, -0.2) is 55.2 Å². The molecule has 0 amide bonds. The number of benzene rings is 2. The van der Waals surface area contributed by atoms with Gasteiger partial charge >= 0.3 is 0 Å². The number of rotatable bonds is 8. The monoisotopic (exact) mass is 471 g/mol. The lowest BCUT2D eigenvalue weighted by Crippen LogP contribution is -2.42. The van der Waals surface area contributed by atoms with Gasteiger partial charge in [-0.3, -0.25) is 4.90 Å². The number of nitrogens with zero attached hydrogens (tertiary/aromatic N) is 1. The van der Waals surface area contributed by atoms with Crippen LogP contribution in [-0.2, 0) is 16.4 Å². The fourth-order valence-electron chi connectivity index (χ4n) is 3.28. The van der Waals surface area contributed by atoms with Gasteiger partial charge in [0.15, 0.2) is 9.84 Å². The third-order valence-electron chi connectivity index (χ3n) is 4.73. The van der Waals surface area contributed by atoms with Gasteiger partial charge in [-0.25, -0.2) is 12.8 Å². The van der Waals surface area contributed by atoms with Crippen molar-refractivity contribution in [3.8, 4) is 5.75 Å². The zero-order valence-electron chi connectivity index (χ0n) is 15.3. The van der Waals surface area contributed by atoms with Crippen LogP contribution in [0.2, 0.25) is 0 Å². The first-order valence-corrected chi connectivity index (χ1v) is 11.7. The second kappa shape index (κ2) is 9.35. The standard InChI is InChI=1S/C20H23BrFNO4S/c21-16-3-7-20(8-4-16)27-13-19(24)12-23(18-9-10-28(25,26)14-18)11-15-1-5-17(22)6-2-15/h1-8,18-19,24H,9-14H2. The first-order valence-electron chi connectivity index (χ1n) is 9.06. The minimum absolute atomic E-state index is 0.0779. The molecule has 152 valence electrons. The molecular formula is C20H23BrFNO4S. The van der Waals surface area contributed by atoms with Crippen LogP contribution in [0.15, 0.2) is 53.0 Å². The lowest BCUT2D eigenvalue weighted by molar-refractivity contribution is 0.0524. The van der Waals surface area contributed by atoms with Gasteiger partial charge in [0.2, 0.25) is 0 Å². The molecule has 8 heteroatoms. The predicted octanol–water partition coefficient (Wildman–Crippen LogP) is 3.02. The molecule has 2 aromatic carbocycles. The number of aliphatic hydroxyl groups is 1. The van der Waals surface area contributed by atoms with Crippen LogP contribution in [0.5, 0.6) is 5.75 Å². The quantitative estimate of drug-likeness (QED) is 0.640. The molecule has 5 nitrogen and oxygen atoms in total. The van der Waals surface area contributed by atoms with Gasteiger partial charge in [-0.2, -0.15) is 0 Å². The number of hydrogen-bond acceptors (Lipinski definition) is 5. The first-order chi connectivity index (χ1) is 13.3. The smallest absolute Gasteiger partial charge is 0.151 e. The molecule has 1 N–H and O–H groups in total. The number of aliphatic hydroxyl groups excluding tert-OH is 1. The highest BCUT2D eigenvalue weighted by atomic mass is 79.9. The average Bonchev–Trinajstić information content (AvgIpc) is 3.02. The Balaban J connectivity index is 1.63. The van der Waals surface area contributed by atoms with Gasteiger partial charge in [0.1, 0.15) is 24.3 Å². The van der Waals surface area contributed by atoms with Gasteiger partial charge < -0.3 is 9.84 Å². The molecular weight excluding hydrogens is 449 g/mol. The summed E-state index contributed by atoms with van der Waals surface area (Å²) in [5, 5.41) is 10.5. The molecule has 0 aromatic heterocycles. The third-order valence-corrected chi connectivity index (χ3v) is 7.00. The van der Waals surface area contributed by atoms with Gasteiger partial charge in [-0.15, -0.1) is 0 Å². The highest BCUT2D eigenvalue weighted by Gasteiger charge is 2.33. The lowest BCUT2D eigenvalue weighted by Gasteiger charge is -2.30. The Morgan fingerprint density at radius 1 is 1.18 bits per heavy atom. The molecule has 3 rings (SSSR count). The van der Waals surface area contributed by atoms with Gasteiger partial charge in [0, 0.05) is 23.6 Å². The van der Waals surface area contributed by atoms with Crippen LogP contribution in [0.25, 0.3) is 0 Å². The van der Waals surface area contributed by atoms with Crippen molar-refractivity contribution in [3.05, 3.63) is 64.4 Å². The predicted molar refractivity (Wildman–Crippen MR) is 110 cm³/mol. The SMILES string of the molecule is O=S1(=O)CCC(N(Cc2ccc(F)cc2)CC(O)COc2ccc(Br)cc2)C1. The van der Waals surface area contributed by atoms with Crippen molar-refractivity contribution < 1.29 is 22.7 Å². The molecule has 0 spiro atoms. The summed E-state index contributed by atoms with van der Waals surface area (Å²) in [4.78, 5) is 1.95. The van der Waals surface area contributed by atoms with Crippen LogP contribution in [0, 0.1) is 5.82 Å². The first kappa shape index (κ1) is 21.2. The van der Waals surface area contributed by atoms with Gasteiger partial charge in [-0.05, 0) is 48.4 Å². The minimum atomic E-state index is -3.05. The summed E-state index contributed by atoms with van der Waals surface area (Å²) >= 11 is 3.36. The van der Waals surface area contributed by atoms with E-state index in [-0.39, 0.29) is 36.5 Å². The second-order valence-electron chi connectivity index (χ2n) is 7.03. The van der Waals surface area contributed by atoms with E-state index in [0.717, 1.165) is 10.0 Å². The van der Waals surface area contributed by atoms with E-state index in [1.807, 2.05) is 17.0 Å². The van der Waals surface area contributed by atoms with Crippen molar-refractivity contribution in [2.45, 2.75) is 25.1 Å². The lowest BCUT2D eigenvalue weighted by atomic mass is 10.1. The molecule has 0 radical (unpaired) electrons. The summed E-state index contributed by atoms with van der Waals surface area (Å²) in [5.41, 5.74) is 0.867. The van der Waals surface area contributed by atoms with E-state index in [1.54, 1.807) is 24.3 Å². The highest BCUT2D eigenvalue weighted by Crippen LogP contribution is 2.21. The molecule has 2 aromatic rings. The van der Waals surface area contributed by atoms with E-state index in [0.29, 0.717) is 18.7 Å². The Labute approximate surface area is 173 Å². The molecule has 1 saturated heterocycles. The Bertz CT molecular complexity index is 874. The molecule has 1 heterocycles. The summed E-state index contributed by atoms with van der Waals surface area (Å²) in [6.07, 6.45) is -0.253. The van der Waals surface area contributed by atoms with Crippen molar-refractivity contribution in [2.75, 3.05) is 24.7 Å². The fourth-order valence-corrected chi connectivity index (χ4v) is 5.30. The zero-order chi connectivity index (χ0) is 20.1. The molecule has 0 aliphatic carbocycles. The van der Waals surface area contributed by atoms with E-state index < -0.39 is 15.9 Å². The van der Waals surface area contributed by atoms with E-state index >= 15 is 0 Å². The summed E-state index contributed by atoms with van der Waals surface area (Å²) in [7, 11) is -3.05. The topological polar surface area (TPSA) is 66.8 Å². The maximum atomic E-state index is 13.2. The molecule has 0 saturated carbocycles. The van der Waals surface area contributed by atoms with E-state index in [4.69, 9.17) is 4.74 Å². The zero-order valence-corrected chi connectivity index (χ0v) is 17.7. The van der Waals surface area contributed by atoms with E-state index in [2.05, 4.69) is 15.9 Å². The summed E-state index contributed by atoms with van der Waals surface area (Å²) < 4.78 is 43.5. The number of ether oxygens (including phenoxy) is 1. The Hall–Kier alpha value is -1.48. The molecule has 1 fully saturated rings. The van der Waals surface area contributed by atoms with Crippen LogP contribution in [0.4, 0.5) is 4.39 Å². The van der Waals surface area contributed by atoms with Crippen LogP contribution < -0.4 is 4.74 Å². The maximum absolute atomic E-state index is 13.2. The fraction of sp³-hybridized carbons (Fsp3) is 0.400. The van der Waals surface area contributed by atoms with Crippen molar-refractivity contribution in [2.24, 2.45) is 0 Å². The van der Waals surface area contributed by atoms with Crippen molar-refractivity contribution in [1.82, 2.24) is 4.90 Å². The van der Waals surface area contributed by atoms with Crippen LogP contribution in [0.3, 0.4) is 0 Å². The van der Waals surface area contributed by atoms with Gasteiger partial charge in [0.25, 0.3) is 0 Å². The molecule has 2 atom stereocenters. The summed E-state index contributed by atoms with van der Waals surface area (Å²) in [6.45, 7) is 0.810. The van der Waals surface area contributed by atoms with E-state index in [1.165, 1.54) is 12.1 Å². The van der Waals surface area contributed by atoms with Gasteiger partial charge in [0.05, 0.1) is 11.5 Å². The maximum Gasteiger partial charge on any atom is 0.151 e. The van der Waals surface area contributed by atoms with E-state index in [9.17, 15) is 17.9 Å². The highest BCUT2D eigenvalue weighted by molar-refractivity contribution is 9.10. The Morgan fingerprint density at radius 3 is 2.46 bits per heavy atom. The molecule has 0 bridgehead atoms. The second-order valence-corrected chi connectivity index (χ2v) is 10.2. The van der Waals surface area contributed by atoms with Crippen molar-refractivity contribution in [1.29, 1.82) is 0 Å².